The van der Waals surface area contributed by atoms with E-state index in [0.29, 0.717) is 5.56 Å². The van der Waals surface area contributed by atoms with Crippen molar-refractivity contribution in [3.63, 3.8) is 0 Å². The number of benzene rings is 2. The van der Waals surface area contributed by atoms with Crippen molar-refractivity contribution in [2.24, 2.45) is 0 Å². The summed E-state index contributed by atoms with van der Waals surface area (Å²) in [5.74, 6) is 0.813. The number of aromatic nitrogens is 3. The summed E-state index contributed by atoms with van der Waals surface area (Å²) in [6.07, 6.45) is 4.86. The maximum Gasteiger partial charge on any atom is 0.257 e. The molecule has 0 bridgehead atoms. The third-order valence-corrected chi connectivity index (χ3v) is 4.45. The molecular weight excluding hydrogens is 336 g/mol. The number of H-pyrrole nitrogens is 1. The highest BCUT2D eigenvalue weighted by Crippen LogP contribution is 2.16. The Balaban J connectivity index is 1.43. The third kappa shape index (κ3) is 4.03. The lowest BCUT2D eigenvalue weighted by molar-refractivity contribution is 0.102. The van der Waals surface area contributed by atoms with Gasteiger partial charge in [-0.1, -0.05) is 18.2 Å². The first-order valence-corrected chi connectivity index (χ1v) is 8.93. The van der Waals surface area contributed by atoms with Crippen LogP contribution in [0.1, 0.15) is 27.3 Å². The highest BCUT2D eigenvalue weighted by molar-refractivity contribution is 6.04. The lowest BCUT2D eigenvalue weighted by Gasteiger charge is -2.07. The maximum atomic E-state index is 12.3. The number of carbonyl (C=O) groups is 1. The largest absolute Gasteiger partial charge is 0.342 e. The molecular formula is C22H20N4O. The van der Waals surface area contributed by atoms with Gasteiger partial charge >= 0.3 is 0 Å². The van der Waals surface area contributed by atoms with E-state index in [9.17, 15) is 4.79 Å². The molecule has 4 aromatic rings. The number of aryl methyl sites for hydroxylation is 3. The lowest BCUT2D eigenvalue weighted by atomic mass is 10.1. The topological polar surface area (TPSA) is 70.7 Å². The van der Waals surface area contributed by atoms with E-state index in [1.807, 2.05) is 24.3 Å². The van der Waals surface area contributed by atoms with Gasteiger partial charge in [-0.15, -0.1) is 0 Å². The van der Waals surface area contributed by atoms with Gasteiger partial charge in [-0.3, -0.25) is 9.78 Å². The van der Waals surface area contributed by atoms with E-state index in [2.05, 4.69) is 45.4 Å². The van der Waals surface area contributed by atoms with Gasteiger partial charge in [0.25, 0.3) is 5.91 Å². The fourth-order valence-electron chi connectivity index (χ4n) is 3.06. The van der Waals surface area contributed by atoms with Gasteiger partial charge in [-0.25, -0.2) is 4.98 Å². The Bertz CT molecular complexity index is 1090. The molecule has 0 saturated carbocycles. The molecule has 0 aliphatic carbocycles. The van der Waals surface area contributed by atoms with Crippen LogP contribution >= 0.6 is 0 Å². The highest BCUT2D eigenvalue weighted by atomic mass is 16.1. The van der Waals surface area contributed by atoms with Crippen LogP contribution < -0.4 is 5.32 Å². The highest BCUT2D eigenvalue weighted by Gasteiger charge is 2.07. The zero-order valence-corrected chi connectivity index (χ0v) is 15.1. The molecule has 0 spiro atoms. The van der Waals surface area contributed by atoms with Gasteiger partial charge < -0.3 is 10.3 Å². The van der Waals surface area contributed by atoms with Gasteiger partial charge in [0.2, 0.25) is 0 Å². The Morgan fingerprint density at radius 2 is 2.00 bits per heavy atom. The number of amides is 1. The number of carbonyl (C=O) groups excluding carboxylic acids is 1. The number of nitrogens with zero attached hydrogens (tertiary/aromatic N) is 2. The van der Waals surface area contributed by atoms with Crippen molar-refractivity contribution in [3.05, 3.63) is 89.5 Å². The maximum absolute atomic E-state index is 12.3. The first kappa shape index (κ1) is 17.0. The van der Waals surface area contributed by atoms with Crippen LogP contribution in [-0.4, -0.2) is 20.9 Å². The smallest absolute Gasteiger partial charge is 0.257 e. The van der Waals surface area contributed by atoms with Gasteiger partial charge in [0.15, 0.2) is 0 Å². The van der Waals surface area contributed by atoms with E-state index in [4.69, 9.17) is 0 Å². The zero-order valence-electron chi connectivity index (χ0n) is 15.1. The summed E-state index contributed by atoms with van der Waals surface area (Å²) in [6, 6.07) is 17.6. The zero-order chi connectivity index (χ0) is 18.6. The number of imidazole rings is 1. The molecule has 1 amide bonds. The SMILES string of the molecule is Cc1ccc2nc(CCc3cccc(NC(=O)c4cccnc4)c3)[nH]c2c1. The summed E-state index contributed by atoms with van der Waals surface area (Å²) in [6.45, 7) is 2.07. The van der Waals surface area contributed by atoms with Crippen molar-refractivity contribution in [1.82, 2.24) is 15.0 Å². The van der Waals surface area contributed by atoms with Crippen LogP contribution in [0.2, 0.25) is 0 Å². The predicted molar refractivity (Wildman–Crippen MR) is 107 cm³/mol. The monoisotopic (exact) mass is 356 g/mol. The molecule has 5 nitrogen and oxygen atoms in total. The summed E-state index contributed by atoms with van der Waals surface area (Å²) >= 11 is 0. The van der Waals surface area contributed by atoms with Gasteiger partial charge in [-0.05, 0) is 60.9 Å². The minimum absolute atomic E-state index is 0.159. The molecule has 0 unspecified atom stereocenters. The van der Waals surface area contributed by atoms with E-state index < -0.39 is 0 Å². The standard InChI is InChI=1S/C22H20N4O/c1-15-7-9-19-20(12-15)26-21(25-19)10-8-16-4-2-6-18(13-16)24-22(27)17-5-3-11-23-14-17/h2-7,9,11-14H,8,10H2,1H3,(H,24,27)(H,25,26). The quantitative estimate of drug-likeness (QED) is 0.560. The lowest BCUT2D eigenvalue weighted by Crippen LogP contribution is -2.12. The molecule has 0 aliphatic heterocycles. The van der Waals surface area contributed by atoms with Crippen molar-refractivity contribution in [2.45, 2.75) is 19.8 Å². The Hall–Kier alpha value is -3.47. The molecule has 2 N–H and O–H groups in total. The van der Waals surface area contributed by atoms with Crippen LogP contribution in [0, 0.1) is 6.92 Å². The van der Waals surface area contributed by atoms with Crippen LogP contribution in [-0.2, 0) is 12.8 Å². The molecule has 0 saturated heterocycles. The molecule has 4 rings (SSSR count). The Kier molecular flexibility index (Phi) is 4.66. The summed E-state index contributed by atoms with van der Waals surface area (Å²) in [7, 11) is 0. The fourth-order valence-corrected chi connectivity index (χ4v) is 3.06. The Labute approximate surface area is 157 Å². The van der Waals surface area contributed by atoms with E-state index in [1.54, 1.807) is 24.5 Å². The number of nitrogens with one attached hydrogen (secondary N) is 2. The molecule has 0 fully saturated rings. The number of hydrogen-bond donors (Lipinski definition) is 2. The second-order valence-corrected chi connectivity index (χ2v) is 6.60. The molecule has 5 heteroatoms. The van der Waals surface area contributed by atoms with Crippen molar-refractivity contribution in [2.75, 3.05) is 5.32 Å². The second-order valence-electron chi connectivity index (χ2n) is 6.60. The molecule has 0 radical (unpaired) electrons. The Morgan fingerprint density at radius 3 is 2.85 bits per heavy atom. The number of aromatic amines is 1. The van der Waals surface area contributed by atoms with E-state index in [0.717, 1.165) is 41.0 Å². The minimum atomic E-state index is -0.159. The molecule has 2 aromatic carbocycles. The molecule has 2 aromatic heterocycles. The minimum Gasteiger partial charge on any atom is -0.342 e. The average molecular weight is 356 g/mol. The van der Waals surface area contributed by atoms with E-state index in [1.165, 1.54) is 5.56 Å². The second kappa shape index (κ2) is 7.41. The van der Waals surface area contributed by atoms with Crippen molar-refractivity contribution in [1.29, 1.82) is 0 Å². The van der Waals surface area contributed by atoms with E-state index >= 15 is 0 Å². The van der Waals surface area contributed by atoms with Crippen LogP contribution in [0.15, 0.2) is 67.0 Å². The number of fused-ring (bicyclic) bond motifs is 1. The number of rotatable bonds is 5. The predicted octanol–water partition coefficient (Wildman–Crippen LogP) is 4.30. The van der Waals surface area contributed by atoms with Gasteiger partial charge in [0.05, 0.1) is 16.6 Å². The molecule has 0 atom stereocenters. The van der Waals surface area contributed by atoms with Crippen LogP contribution in [0.25, 0.3) is 11.0 Å². The van der Waals surface area contributed by atoms with E-state index in [-0.39, 0.29) is 5.91 Å². The number of hydrogen-bond acceptors (Lipinski definition) is 3. The van der Waals surface area contributed by atoms with Gasteiger partial charge in [-0.2, -0.15) is 0 Å². The first-order chi connectivity index (χ1) is 13.2. The molecule has 0 aliphatic rings. The summed E-state index contributed by atoms with van der Waals surface area (Å²) in [5, 5.41) is 2.92. The van der Waals surface area contributed by atoms with Crippen LogP contribution in [0.4, 0.5) is 5.69 Å². The first-order valence-electron chi connectivity index (χ1n) is 8.93. The van der Waals surface area contributed by atoms with Gasteiger partial charge in [0.1, 0.15) is 5.82 Å². The van der Waals surface area contributed by atoms with Crippen molar-refractivity contribution < 1.29 is 4.79 Å². The molecule has 2 heterocycles. The van der Waals surface area contributed by atoms with Crippen LogP contribution in [0.5, 0.6) is 0 Å². The average Bonchev–Trinajstić information content (AvgIpc) is 3.09. The summed E-state index contributed by atoms with van der Waals surface area (Å²) in [5.41, 5.74) is 5.75. The normalized spacial score (nSPS) is 10.9. The number of anilines is 1. The fraction of sp³-hybridized carbons (Fsp3) is 0.136. The summed E-state index contributed by atoms with van der Waals surface area (Å²) in [4.78, 5) is 24.3. The Morgan fingerprint density at radius 1 is 1.07 bits per heavy atom. The third-order valence-electron chi connectivity index (χ3n) is 4.45. The van der Waals surface area contributed by atoms with Crippen LogP contribution in [0.3, 0.4) is 0 Å². The van der Waals surface area contributed by atoms with Crippen molar-refractivity contribution >= 4 is 22.6 Å². The number of pyridine rings is 1. The van der Waals surface area contributed by atoms with Gasteiger partial charge in [0, 0.05) is 24.5 Å². The van der Waals surface area contributed by atoms with Crippen molar-refractivity contribution in [3.8, 4) is 0 Å². The molecule has 27 heavy (non-hydrogen) atoms. The summed E-state index contributed by atoms with van der Waals surface area (Å²) < 4.78 is 0. The molecule has 134 valence electrons.